The number of fused-ring (bicyclic) bond motifs is 2. The number of hydrogen-bond donors (Lipinski definition) is 1. The number of pyridine rings is 1. The number of benzene rings is 1. The van der Waals surface area contributed by atoms with Crippen LogP contribution in [0.1, 0.15) is 35.7 Å². The zero-order valence-corrected chi connectivity index (χ0v) is 17.1. The predicted octanol–water partition coefficient (Wildman–Crippen LogP) is 3.81. The molecule has 32 heavy (non-hydrogen) atoms. The number of nitrogens with zero attached hydrogens (tertiary/aromatic N) is 3. The first-order valence-electron chi connectivity index (χ1n) is 10.2. The average molecular weight is 442 g/mol. The van der Waals surface area contributed by atoms with Gasteiger partial charge in [0.15, 0.2) is 0 Å². The van der Waals surface area contributed by atoms with Crippen molar-refractivity contribution in [3.8, 4) is 22.8 Å². The van der Waals surface area contributed by atoms with Crippen molar-refractivity contribution >= 4 is 17.6 Å². The van der Waals surface area contributed by atoms with Gasteiger partial charge < -0.3 is 24.5 Å². The van der Waals surface area contributed by atoms with Gasteiger partial charge >= 0.3 is 12.7 Å². The molecule has 166 valence electrons. The summed E-state index contributed by atoms with van der Waals surface area (Å²) in [5.74, 6) is 0.0830. The van der Waals surface area contributed by atoms with Gasteiger partial charge in [0, 0.05) is 18.8 Å². The maximum absolute atomic E-state index is 13.1. The highest BCUT2D eigenvalue weighted by Gasteiger charge is 2.40. The maximum Gasteiger partial charge on any atom is 0.411 e. The molecule has 1 saturated carbocycles. The summed E-state index contributed by atoms with van der Waals surface area (Å²) >= 11 is 0. The van der Waals surface area contributed by atoms with Gasteiger partial charge in [0.05, 0.1) is 11.8 Å². The first-order valence-corrected chi connectivity index (χ1v) is 10.2. The lowest BCUT2D eigenvalue weighted by molar-refractivity contribution is -0.0501. The highest BCUT2D eigenvalue weighted by Crippen LogP contribution is 2.42. The van der Waals surface area contributed by atoms with Crippen LogP contribution in [0.4, 0.5) is 13.6 Å². The number of imidazole rings is 1. The molecule has 10 heteroatoms. The average Bonchev–Trinajstić information content (AvgIpc) is 3.41. The van der Waals surface area contributed by atoms with Crippen molar-refractivity contribution in [1.29, 1.82) is 0 Å². The summed E-state index contributed by atoms with van der Waals surface area (Å²) in [5.41, 5.74) is 7.68. The number of halogens is 2. The van der Waals surface area contributed by atoms with E-state index in [1.807, 2.05) is 13.0 Å². The molecule has 1 unspecified atom stereocenters. The van der Waals surface area contributed by atoms with Crippen molar-refractivity contribution in [3.63, 3.8) is 0 Å². The topological polar surface area (TPSA) is 99.2 Å². The van der Waals surface area contributed by atoms with Crippen LogP contribution in [0.15, 0.2) is 36.7 Å². The number of aromatic nitrogens is 2. The van der Waals surface area contributed by atoms with Gasteiger partial charge in [-0.15, -0.1) is 0 Å². The molecule has 1 fully saturated rings. The minimum Gasteiger partial charge on any atom is -0.434 e. The molecule has 0 saturated heterocycles. The van der Waals surface area contributed by atoms with Crippen LogP contribution in [-0.4, -0.2) is 38.9 Å². The van der Waals surface area contributed by atoms with Crippen LogP contribution in [0.3, 0.4) is 0 Å². The van der Waals surface area contributed by atoms with Gasteiger partial charge in [-0.3, -0.25) is 4.79 Å². The number of ether oxygens (including phenoxy) is 2. The Balaban J connectivity index is 1.54. The van der Waals surface area contributed by atoms with Crippen molar-refractivity contribution < 1.29 is 27.8 Å². The lowest BCUT2D eigenvalue weighted by atomic mass is 10.0. The first kappa shape index (κ1) is 20.2. The van der Waals surface area contributed by atoms with Crippen molar-refractivity contribution in [3.05, 3.63) is 47.8 Å². The molecular weight excluding hydrogens is 422 g/mol. The minimum atomic E-state index is -3.05. The lowest BCUT2D eigenvalue weighted by Crippen LogP contribution is -2.34. The second-order valence-electron chi connectivity index (χ2n) is 8.08. The molecule has 1 atom stereocenters. The van der Waals surface area contributed by atoms with E-state index in [-0.39, 0.29) is 29.1 Å². The minimum absolute atomic E-state index is 0.0422. The summed E-state index contributed by atoms with van der Waals surface area (Å²) in [6, 6.07) is 6.77. The third-order valence-electron chi connectivity index (χ3n) is 5.98. The Morgan fingerprint density at radius 2 is 2.00 bits per heavy atom. The third kappa shape index (κ3) is 3.61. The van der Waals surface area contributed by atoms with Gasteiger partial charge in [0.1, 0.15) is 11.4 Å². The summed E-state index contributed by atoms with van der Waals surface area (Å²) in [7, 11) is 0. The Bertz CT molecular complexity index is 1240. The summed E-state index contributed by atoms with van der Waals surface area (Å²) < 4.78 is 37.5. The SMILES string of the molecule is CC(C1CC1)N1Cc2cc(-c3ccc4nc(OC(N)=O)cn4c3)cc(OC(F)F)c2C1=O. The Morgan fingerprint density at radius 3 is 2.69 bits per heavy atom. The molecule has 2 amide bonds. The lowest BCUT2D eigenvalue weighted by Gasteiger charge is -2.24. The number of nitrogens with two attached hydrogens (primary N) is 1. The third-order valence-corrected chi connectivity index (χ3v) is 5.98. The summed E-state index contributed by atoms with van der Waals surface area (Å²) in [5, 5.41) is 0. The van der Waals surface area contributed by atoms with Gasteiger partial charge in [-0.2, -0.15) is 13.8 Å². The molecule has 0 spiro atoms. The zero-order chi connectivity index (χ0) is 22.6. The zero-order valence-electron chi connectivity index (χ0n) is 17.1. The van der Waals surface area contributed by atoms with E-state index < -0.39 is 12.7 Å². The van der Waals surface area contributed by atoms with Crippen LogP contribution in [-0.2, 0) is 6.54 Å². The fraction of sp³-hybridized carbons (Fsp3) is 0.318. The molecule has 3 aromatic rings. The van der Waals surface area contributed by atoms with Gasteiger partial charge in [-0.1, -0.05) is 0 Å². The fourth-order valence-corrected chi connectivity index (χ4v) is 4.25. The number of carbonyl (C=O) groups is 2. The smallest absolute Gasteiger partial charge is 0.411 e. The van der Waals surface area contributed by atoms with Crippen LogP contribution in [0, 0.1) is 5.92 Å². The number of amides is 2. The molecule has 2 aromatic heterocycles. The fourth-order valence-electron chi connectivity index (χ4n) is 4.25. The van der Waals surface area contributed by atoms with E-state index in [0.29, 0.717) is 34.8 Å². The summed E-state index contributed by atoms with van der Waals surface area (Å²) in [4.78, 5) is 29.8. The van der Waals surface area contributed by atoms with E-state index in [2.05, 4.69) is 4.98 Å². The van der Waals surface area contributed by atoms with Crippen molar-refractivity contribution in [2.75, 3.05) is 0 Å². The number of rotatable bonds is 6. The summed E-state index contributed by atoms with van der Waals surface area (Å²) in [6.45, 7) is -0.709. The molecule has 2 N–H and O–H groups in total. The predicted molar refractivity (Wildman–Crippen MR) is 110 cm³/mol. The Labute approximate surface area is 181 Å². The van der Waals surface area contributed by atoms with E-state index in [1.54, 1.807) is 27.6 Å². The second kappa shape index (κ2) is 7.47. The van der Waals surface area contributed by atoms with Crippen molar-refractivity contribution in [1.82, 2.24) is 14.3 Å². The highest BCUT2D eigenvalue weighted by molar-refractivity contribution is 6.02. The molecular formula is C22H20F2N4O4. The molecule has 0 bridgehead atoms. The largest absolute Gasteiger partial charge is 0.434 e. The van der Waals surface area contributed by atoms with E-state index >= 15 is 0 Å². The van der Waals surface area contributed by atoms with Crippen LogP contribution < -0.4 is 15.2 Å². The van der Waals surface area contributed by atoms with E-state index in [0.717, 1.165) is 12.8 Å². The second-order valence-corrected chi connectivity index (χ2v) is 8.08. The number of hydrogen-bond acceptors (Lipinski definition) is 5. The van der Waals surface area contributed by atoms with Crippen LogP contribution in [0.25, 0.3) is 16.8 Å². The normalized spacial score (nSPS) is 16.5. The Kier molecular flexibility index (Phi) is 4.72. The van der Waals surface area contributed by atoms with E-state index in [9.17, 15) is 18.4 Å². The van der Waals surface area contributed by atoms with Crippen LogP contribution >= 0.6 is 0 Å². The Morgan fingerprint density at radius 1 is 1.22 bits per heavy atom. The van der Waals surface area contributed by atoms with Crippen molar-refractivity contribution in [2.24, 2.45) is 11.7 Å². The Hall–Kier alpha value is -3.69. The molecule has 3 heterocycles. The van der Waals surface area contributed by atoms with Crippen LogP contribution in [0.2, 0.25) is 0 Å². The van der Waals surface area contributed by atoms with Crippen molar-refractivity contribution in [2.45, 2.75) is 39.0 Å². The quantitative estimate of drug-likeness (QED) is 0.626. The molecule has 8 nitrogen and oxygen atoms in total. The van der Waals surface area contributed by atoms with E-state index in [4.69, 9.17) is 15.2 Å². The maximum atomic E-state index is 13.1. The molecule has 1 aliphatic heterocycles. The van der Waals surface area contributed by atoms with Gasteiger partial charge in [-0.05, 0) is 66.6 Å². The number of alkyl halides is 2. The monoisotopic (exact) mass is 442 g/mol. The molecule has 5 rings (SSSR count). The summed E-state index contributed by atoms with van der Waals surface area (Å²) in [6.07, 6.45) is 4.36. The highest BCUT2D eigenvalue weighted by atomic mass is 19.3. The molecule has 1 aromatic carbocycles. The first-order chi connectivity index (χ1) is 15.3. The number of primary amides is 1. The van der Waals surface area contributed by atoms with Gasteiger partial charge in [0.25, 0.3) is 5.91 Å². The molecule has 1 aliphatic carbocycles. The number of carbonyl (C=O) groups excluding carboxylic acids is 2. The van der Waals surface area contributed by atoms with Gasteiger partial charge in [-0.25, -0.2) is 4.79 Å². The van der Waals surface area contributed by atoms with E-state index in [1.165, 1.54) is 12.3 Å². The van der Waals surface area contributed by atoms with Crippen LogP contribution in [0.5, 0.6) is 11.6 Å². The molecule has 2 aliphatic rings. The molecule has 0 radical (unpaired) electrons. The van der Waals surface area contributed by atoms with Gasteiger partial charge in [0.2, 0.25) is 5.88 Å². The standard InChI is InChI=1S/C22H20F2N4O4/c1-11(12-2-3-12)28-9-15-6-14(7-16(31-21(23)24)19(15)20(28)29)13-4-5-17-26-18(32-22(25)30)10-27(17)8-13/h4-8,10-12,21H,2-3,9H2,1H3,(H2,25,30).